The van der Waals surface area contributed by atoms with Gasteiger partial charge in [0.05, 0.1) is 11.9 Å². The summed E-state index contributed by atoms with van der Waals surface area (Å²) in [6, 6.07) is 7.10. The van der Waals surface area contributed by atoms with Crippen LogP contribution in [0.4, 0.5) is 16.2 Å². The summed E-state index contributed by atoms with van der Waals surface area (Å²) in [6.45, 7) is 0.936. The molecule has 0 atom stereocenters. The number of alkyl halides is 1. The monoisotopic (exact) mass is 298 g/mol. The van der Waals surface area contributed by atoms with Crippen molar-refractivity contribution in [3.63, 3.8) is 0 Å². The summed E-state index contributed by atoms with van der Waals surface area (Å²) in [6.07, 6.45) is -0.353. The molecule has 1 fully saturated rings. The van der Waals surface area contributed by atoms with Crippen molar-refractivity contribution in [2.24, 2.45) is 0 Å². The summed E-state index contributed by atoms with van der Waals surface area (Å²) in [5, 5.41) is 2.94. The molecule has 1 aromatic rings. The molecular weight excluding hydrogens is 288 g/mol. The van der Waals surface area contributed by atoms with E-state index in [1.807, 2.05) is 0 Å². The zero-order chi connectivity index (χ0) is 12.3. The maximum Gasteiger partial charge on any atom is 0.414 e. The third-order valence-corrected chi connectivity index (χ3v) is 2.83. The molecule has 1 aromatic carbocycles. The van der Waals surface area contributed by atoms with Crippen LogP contribution in [-0.4, -0.2) is 30.5 Å². The predicted molar refractivity (Wildman–Crippen MR) is 67.6 cm³/mol. The van der Waals surface area contributed by atoms with Crippen molar-refractivity contribution in [2.75, 3.05) is 28.7 Å². The van der Waals surface area contributed by atoms with Crippen molar-refractivity contribution in [1.82, 2.24) is 0 Å². The number of cyclic esters (lactones) is 1. The fraction of sp³-hybridized carbons (Fsp3) is 0.273. The standard InChI is InChI=1S/C11H11BrN2O3/c12-7-10(15)13-8-2-1-3-9(6-8)14-4-5-17-11(14)16/h1-3,6H,4-5,7H2,(H,13,15). The second-order valence-corrected chi connectivity index (χ2v) is 4.06. The van der Waals surface area contributed by atoms with E-state index in [4.69, 9.17) is 4.74 Å². The minimum atomic E-state index is -0.353. The van der Waals surface area contributed by atoms with E-state index in [0.29, 0.717) is 18.8 Å². The van der Waals surface area contributed by atoms with Gasteiger partial charge in [0, 0.05) is 11.4 Å². The van der Waals surface area contributed by atoms with E-state index in [-0.39, 0.29) is 17.3 Å². The summed E-state index contributed by atoms with van der Waals surface area (Å²) in [5.41, 5.74) is 1.38. The smallest absolute Gasteiger partial charge is 0.414 e. The molecule has 0 bridgehead atoms. The molecule has 0 unspecified atom stereocenters. The van der Waals surface area contributed by atoms with Crippen LogP contribution in [0.3, 0.4) is 0 Å². The quantitative estimate of drug-likeness (QED) is 0.868. The van der Waals surface area contributed by atoms with Gasteiger partial charge in [0.1, 0.15) is 6.61 Å². The van der Waals surface area contributed by atoms with Crippen LogP contribution in [-0.2, 0) is 9.53 Å². The van der Waals surface area contributed by atoms with E-state index in [9.17, 15) is 9.59 Å². The summed E-state index contributed by atoms with van der Waals surface area (Å²) in [7, 11) is 0. The minimum Gasteiger partial charge on any atom is -0.447 e. The highest BCUT2D eigenvalue weighted by atomic mass is 79.9. The first-order valence-corrected chi connectivity index (χ1v) is 6.23. The molecule has 0 saturated carbocycles. The number of carbonyl (C=O) groups is 2. The molecule has 2 rings (SSSR count). The van der Waals surface area contributed by atoms with Gasteiger partial charge in [-0.15, -0.1) is 0 Å². The first-order valence-electron chi connectivity index (χ1n) is 5.11. The molecule has 0 radical (unpaired) electrons. The number of hydrogen-bond acceptors (Lipinski definition) is 3. The first-order chi connectivity index (χ1) is 8.20. The van der Waals surface area contributed by atoms with Crippen molar-refractivity contribution in [3.05, 3.63) is 24.3 Å². The third-order valence-electron chi connectivity index (χ3n) is 2.32. The normalized spacial score (nSPS) is 14.6. The fourth-order valence-corrected chi connectivity index (χ4v) is 1.71. The molecule has 17 heavy (non-hydrogen) atoms. The Hall–Kier alpha value is -1.56. The average molecular weight is 299 g/mol. The number of halogens is 1. The highest BCUT2D eigenvalue weighted by Gasteiger charge is 2.23. The van der Waals surface area contributed by atoms with Crippen molar-refractivity contribution in [3.8, 4) is 0 Å². The van der Waals surface area contributed by atoms with Crippen LogP contribution in [0.2, 0.25) is 0 Å². The van der Waals surface area contributed by atoms with Gasteiger partial charge in [-0.25, -0.2) is 4.79 Å². The van der Waals surface area contributed by atoms with Crippen molar-refractivity contribution in [2.45, 2.75) is 0 Å². The first kappa shape index (κ1) is 11.9. The van der Waals surface area contributed by atoms with E-state index < -0.39 is 0 Å². The summed E-state index contributed by atoms with van der Waals surface area (Å²) < 4.78 is 4.85. The molecule has 1 saturated heterocycles. The number of nitrogens with one attached hydrogen (secondary N) is 1. The Morgan fingerprint density at radius 2 is 2.35 bits per heavy atom. The van der Waals surface area contributed by atoms with Crippen molar-refractivity contribution in [1.29, 1.82) is 0 Å². The number of rotatable bonds is 3. The minimum absolute atomic E-state index is 0.133. The lowest BCUT2D eigenvalue weighted by Gasteiger charge is -2.13. The lowest BCUT2D eigenvalue weighted by atomic mass is 10.2. The lowest BCUT2D eigenvalue weighted by Crippen LogP contribution is -2.23. The molecule has 0 spiro atoms. The summed E-state index contributed by atoms with van der Waals surface area (Å²) >= 11 is 3.07. The Bertz CT molecular complexity index is 450. The van der Waals surface area contributed by atoms with Crippen LogP contribution >= 0.6 is 15.9 Å². The van der Waals surface area contributed by atoms with Gasteiger partial charge in [0.25, 0.3) is 0 Å². The van der Waals surface area contributed by atoms with E-state index in [0.717, 1.165) is 5.69 Å². The Morgan fingerprint density at radius 1 is 1.53 bits per heavy atom. The topological polar surface area (TPSA) is 58.6 Å². The second-order valence-electron chi connectivity index (χ2n) is 3.50. The van der Waals surface area contributed by atoms with Crippen molar-refractivity contribution < 1.29 is 14.3 Å². The van der Waals surface area contributed by atoms with E-state index in [1.165, 1.54) is 4.90 Å². The molecule has 0 aromatic heterocycles. The number of ether oxygens (including phenoxy) is 1. The third kappa shape index (κ3) is 2.76. The second kappa shape index (κ2) is 5.18. The van der Waals surface area contributed by atoms with Gasteiger partial charge in [-0.05, 0) is 18.2 Å². The highest BCUT2D eigenvalue weighted by Crippen LogP contribution is 2.22. The van der Waals surface area contributed by atoms with E-state index in [2.05, 4.69) is 21.2 Å². The van der Waals surface area contributed by atoms with Gasteiger partial charge >= 0.3 is 6.09 Å². The maximum atomic E-state index is 11.4. The van der Waals surface area contributed by atoms with Crippen LogP contribution in [0.5, 0.6) is 0 Å². The molecule has 6 heteroatoms. The van der Waals surface area contributed by atoms with E-state index in [1.54, 1.807) is 24.3 Å². The van der Waals surface area contributed by atoms with Crippen LogP contribution in [0.15, 0.2) is 24.3 Å². The van der Waals surface area contributed by atoms with Gasteiger partial charge < -0.3 is 10.1 Å². The van der Waals surface area contributed by atoms with Gasteiger partial charge in [0.15, 0.2) is 0 Å². The fourth-order valence-electron chi connectivity index (χ4n) is 1.57. The van der Waals surface area contributed by atoms with Gasteiger partial charge in [0.2, 0.25) is 5.91 Å². The summed E-state index contributed by atoms with van der Waals surface area (Å²) in [4.78, 5) is 24.1. The maximum absolute atomic E-state index is 11.4. The molecule has 90 valence electrons. The molecule has 1 heterocycles. The van der Waals surface area contributed by atoms with Crippen molar-refractivity contribution >= 4 is 39.3 Å². The number of hydrogen-bond donors (Lipinski definition) is 1. The molecular formula is C11H11BrN2O3. The Morgan fingerprint density at radius 3 is 3.00 bits per heavy atom. The highest BCUT2D eigenvalue weighted by molar-refractivity contribution is 9.09. The molecule has 2 amide bonds. The number of carbonyl (C=O) groups excluding carboxylic acids is 2. The number of nitrogens with zero attached hydrogens (tertiary/aromatic N) is 1. The zero-order valence-corrected chi connectivity index (χ0v) is 10.6. The van der Waals surface area contributed by atoms with Gasteiger partial charge in [-0.3, -0.25) is 9.69 Å². The molecule has 5 nitrogen and oxygen atoms in total. The van der Waals surface area contributed by atoms with E-state index >= 15 is 0 Å². The largest absolute Gasteiger partial charge is 0.447 e. The predicted octanol–water partition coefficient (Wildman–Crippen LogP) is 1.98. The number of anilines is 2. The lowest BCUT2D eigenvalue weighted by molar-refractivity contribution is -0.113. The zero-order valence-electron chi connectivity index (χ0n) is 8.98. The number of amides is 2. The Balaban J connectivity index is 2.16. The Kier molecular flexibility index (Phi) is 3.63. The van der Waals surface area contributed by atoms with Crippen LogP contribution < -0.4 is 10.2 Å². The Labute approximate surface area is 107 Å². The summed E-state index contributed by atoms with van der Waals surface area (Å²) in [5.74, 6) is -0.133. The van der Waals surface area contributed by atoms with Gasteiger partial charge in [-0.2, -0.15) is 0 Å². The molecule has 0 aliphatic carbocycles. The van der Waals surface area contributed by atoms with Crippen LogP contribution in [0.1, 0.15) is 0 Å². The molecule has 1 aliphatic rings. The van der Waals surface area contributed by atoms with Crippen LogP contribution in [0, 0.1) is 0 Å². The SMILES string of the molecule is O=C(CBr)Nc1cccc(N2CCOC2=O)c1. The molecule has 1 N–H and O–H groups in total. The average Bonchev–Trinajstić information content (AvgIpc) is 2.75. The molecule has 1 aliphatic heterocycles. The van der Waals surface area contributed by atoms with Gasteiger partial charge in [-0.1, -0.05) is 22.0 Å². The number of benzene rings is 1. The van der Waals surface area contributed by atoms with Crippen LogP contribution in [0.25, 0.3) is 0 Å².